The highest BCUT2D eigenvalue weighted by molar-refractivity contribution is 6.37. The van der Waals surface area contributed by atoms with Crippen LogP contribution in [0.1, 0.15) is 47.8 Å². The highest BCUT2D eigenvalue weighted by Crippen LogP contribution is 2.39. The van der Waals surface area contributed by atoms with Gasteiger partial charge in [-0.3, -0.25) is 14.4 Å². The molecule has 426 valence electrons. The van der Waals surface area contributed by atoms with E-state index < -0.39 is 73.7 Å². The van der Waals surface area contributed by atoms with E-state index in [1.165, 1.54) is 36.4 Å². The Morgan fingerprint density at radius 1 is 0.253 bits per heavy atom. The molecule has 87 heavy (non-hydrogen) atoms. The maximum absolute atomic E-state index is 14.5. The molecule has 0 aliphatic rings. The highest BCUT2D eigenvalue weighted by atomic mass is 19.3. The molecular weight excluding hydrogens is 1110 g/mol. The van der Waals surface area contributed by atoms with Crippen LogP contribution in [0.4, 0.5) is 77.1 Å². The topological polar surface area (TPSA) is 88.6 Å². The van der Waals surface area contributed by atoms with Gasteiger partial charge in [0, 0.05) is 103 Å². The summed E-state index contributed by atoms with van der Waals surface area (Å²) in [5, 5.41) is 0. The van der Waals surface area contributed by atoms with Gasteiger partial charge in [0.15, 0.2) is 17.3 Å². The number of allylic oxidation sites excluding steroid dienone is 3. The van der Waals surface area contributed by atoms with Gasteiger partial charge in [-0.25, -0.2) is 25.9 Å². The number of rotatable bonds is 24. The summed E-state index contributed by atoms with van der Waals surface area (Å²) in [5.74, 6) is -4.95. The fraction of sp³-hybridized carbons (Fsp3) is 0. The summed E-state index contributed by atoms with van der Waals surface area (Å²) in [7, 11) is -10.3. The number of carbonyl (C=O) groups excluding carboxylic acids is 3. The Morgan fingerprint density at radius 2 is 0.425 bits per heavy atom. The van der Waals surface area contributed by atoms with Gasteiger partial charge < -0.3 is 28.7 Å². The molecule has 18 heteroatoms. The monoisotopic (exact) mass is 1160 g/mol. The molecule has 0 atom stereocenters. The van der Waals surface area contributed by atoms with E-state index >= 15 is 0 Å². The van der Waals surface area contributed by atoms with Gasteiger partial charge in [0.25, 0.3) is 0 Å². The van der Waals surface area contributed by atoms with Crippen molar-refractivity contribution in [2.45, 2.75) is 0 Å². The number of halogens is 6. The number of nitrogens with zero attached hydrogens (tertiary/aromatic N) is 3. The molecule has 0 saturated heterocycles. The molecule has 0 N–H and O–H groups in total. The van der Waals surface area contributed by atoms with Crippen LogP contribution in [0.2, 0.25) is 0 Å². The van der Waals surface area contributed by atoms with Crippen molar-refractivity contribution in [3.63, 3.8) is 0 Å². The number of carbonyl (C=O) groups is 3. The van der Waals surface area contributed by atoms with Gasteiger partial charge in [-0.1, -0.05) is 109 Å². The molecule has 0 fully saturated rings. The van der Waals surface area contributed by atoms with Crippen molar-refractivity contribution in [2.75, 3.05) is 14.7 Å². The second kappa shape index (κ2) is 28.1. The van der Waals surface area contributed by atoms with Crippen molar-refractivity contribution in [2.24, 2.45) is 0 Å². The molecule has 9 nitrogen and oxygen atoms in total. The molecule has 0 aromatic heterocycles. The predicted octanol–water partition coefficient (Wildman–Crippen LogP) is 18.6. The first-order valence-electron chi connectivity index (χ1n) is 27.1. The molecular formula is C69H48B3F6N3O6. The number of hydrogen-bond acceptors (Lipinski definition) is 9. The zero-order valence-corrected chi connectivity index (χ0v) is 46.0. The van der Waals surface area contributed by atoms with E-state index in [-0.39, 0.29) is 16.7 Å². The lowest BCUT2D eigenvalue weighted by molar-refractivity contribution is 0.104. The standard InChI is InChI=1S/C69H48B3F6N3O6/c73-70(74)85-67(49-31-37-61(38-32-49)79(55-19-7-1-8-20-55)56-21-9-2-10-22-56)46-64(82)52-43-53(65(83)47-68(86-71(75)76)50-33-39-62(40-34-50)80(57-23-11-3-12-24-57)58-25-13-4-14-26-58)45-54(44-52)66(84)48-69(87-72(77)78)51-35-41-63(42-36-51)81(59-27-15-5-16-28-59)60-29-17-6-18-30-60/h1-48H/b67-46-,68-47-,69-48+. The summed E-state index contributed by atoms with van der Waals surface area (Å²) in [4.78, 5) is 49.4. The smallest absolute Gasteiger partial charge is 0.505 e. The zero-order valence-electron chi connectivity index (χ0n) is 46.0. The number of benzene rings is 10. The number of anilines is 9. The molecule has 10 rings (SSSR count). The van der Waals surface area contributed by atoms with Gasteiger partial charge in [0.1, 0.15) is 17.3 Å². The summed E-state index contributed by atoms with van der Waals surface area (Å²) < 4.78 is 101. The SMILES string of the molecule is O=C(/C=C(\OB(F)F)c1ccc(N(c2ccccc2)c2ccccc2)cc1)c1cc(C(=O)/C=C(\OB(F)F)c2ccc(N(c3ccccc3)c3ccccc3)cc2)cc(C(=O)/C=C(/OB(F)F)c2ccc(N(c3ccccc3)c3ccccc3)cc2)c1. The Bertz CT molecular complexity index is 3500. The van der Waals surface area contributed by atoms with Crippen LogP contribution >= 0.6 is 0 Å². The van der Waals surface area contributed by atoms with Crippen LogP contribution in [-0.4, -0.2) is 39.8 Å². The molecule has 0 radical (unpaired) electrons. The van der Waals surface area contributed by atoms with Gasteiger partial charge in [0.05, 0.1) is 0 Å². The first kappa shape index (κ1) is 59.2. The van der Waals surface area contributed by atoms with Crippen molar-refractivity contribution in [3.8, 4) is 0 Å². The predicted molar refractivity (Wildman–Crippen MR) is 334 cm³/mol. The average Bonchev–Trinajstić information content (AvgIpc) is 3.41. The van der Waals surface area contributed by atoms with Crippen LogP contribution in [0, 0.1) is 0 Å². The number of hydrogen-bond donors (Lipinski definition) is 0. The van der Waals surface area contributed by atoms with Crippen LogP contribution in [0.15, 0.2) is 291 Å². The first-order chi connectivity index (χ1) is 42.3. The van der Waals surface area contributed by atoms with Crippen molar-refractivity contribution in [3.05, 3.63) is 325 Å². The van der Waals surface area contributed by atoms with E-state index in [0.29, 0.717) is 17.1 Å². The molecule has 0 aliphatic carbocycles. The molecule has 0 aliphatic heterocycles. The van der Waals surface area contributed by atoms with Gasteiger partial charge >= 0.3 is 22.4 Å². The van der Waals surface area contributed by atoms with Crippen LogP contribution in [0.25, 0.3) is 17.3 Å². The molecule has 0 unspecified atom stereocenters. The molecule has 10 aromatic rings. The van der Waals surface area contributed by atoms with E-state index in [1.54, 1.807) is 36.4 Å². The van der Waals surface area contributed by atoms with Crippen molar-refractivity contribution in [1.82, 2.24) is 0 Å². The Kier molecular flexibility index (Phi) is 19.1. The van der Waals surface area contributed by atoms with E-state index in [4.69, 9.17) is 14.0 Å². The molecule has 0 heterocycles. The van der Waals surface area contributed by atoms with Gasteiger partial charge in [0.2, 0.25) is 0 Å². The van der Waals surface area contributed by atoms with E-state index in [0.717, 1.165) is 70.6 Å². The number of para-hydroxylation sites is 6. The van der Waals surface area contributed by atoms with Crippen LogP contribution in [0.3, 0.4) is 0 Å². The lowest BCUT2D eigenvalue weighted by atomic mass is 9.96. The summed E-state index contributed by atoms with van der Waals surface area (Å²) in [5.41, 5.74) is 5.36. The molecule has 0 bridgehead atoms. The summed E-state index contributed by atoms with van der Waals surface area (Å²) in [6.45, 7) is 0. The third-order valence-electron chi connectivity index (χ3n) is 13.5. The van der Waals surface area contributed by atoms with E-state index in [2.05, 4.69) is 0 Å². The lowest BCUT2D eigenvalue weighted by Crippen LogP contribution is -2.11. The fourth-order valence-electron chi connectivity index (χ4n) is 9.63. The largest absolute Gasteiger partial charge is 0.796 e. The average molecular weight is 1160 g/mol. The van der Waals surface area contributed by atoms with E-state index in [9.17, 15) is 40.3 Å². The van der Waals surface area contributed by atoms with Crippen molar-refractivity contribution in [1.29, 1.82) is 0 Å². The Hall–Kier alpha value is -11.0. The van der Waals surface area contributed by atoms with Gasteiger partial charge in [-0.15, -0.1) is 0 Å². The quantitative estimate of drug-likeness (QED) is 0.0193. The van der Waals surface area contributed by atoms with Crippen molar-refractivity contribution < 1.29 is 54.2 Å². The molecule has 0 spiro atoms. The molecule has 0 saturated carbocycles. The minimum Gasteiger partial charge on any atom is -0.505 e. The Balaban J connectivity index is 1.04. The Labute approximate surface area is 499 Å². The zero-order chi connectivity index (χ0) is 60.7. The first-order valence-corrected chi connectivity index (χ1v) is 27.1. The third-order valence-corrected chi connectivity index (χ3v) is 13.5. The second-order valence-electron chi connectivity index (χ2n) is 19.2. The highest BCUT2D eigenvalue weighted by Gasteiger charge is 2.27. The third kappa shape index (κ3) is 15.0. The fourth-order valence-corrected chi connectivity index (χ4v) is 9.63. The Morgan fingerprint density at radius 3 is 0.598 bits per heavy atom. The summed E-state index contributed by atoms with van der Waals surface area (Å²) in [6.07, 6.45) is 2.25. The summed E-state index contributed by atoms with van der Waals surface area (Å²) >= 11 is 0. The van der Waals surface area contributed by atoms with Crippen LogP contribution in [-0.2, 0) is 14.0 Å². The van der Waals surface area contributed by atoms with Gasteiger partial charge in [-0.05, 0) is 164 Å². The minimum absolute atomic E-state index is 0.0359. The lowest BCUT2D eigenvalue weighted by Gasteiger charge is -2.25. The molecule has 0 amide bonds. The van der Waals surface area contributed by atoms with Crippen molar-refractivity contribution >= 4 is 108 Å². The van der Waals surface area contributed by atoms with E-state index in [1.807, 2.05) is 197 Å². The number of ketones is 3. The maximum Gasteiger partial charge on any atom is 0.796 e. The van der Waals surface area contributed by atoms with Crippen LogP contribution in [0.5, 0.6) is 0 Å². The minimum atomic E-state index is -3.43. The molecule has 10 aromatic carbocycles. The summed E-state index contributed by atoms with van der Waals surface area (Å²) in [6, 6.07) is 77.9. The second-order valence-corrected chi connectivity index (χ2v) is 19.2. The van der Waals surface area contributed by atoms with Crippen LogP contribution < -0.4 is 14.7 Å². The normalized spacial score (nSPS) is 11.4. The van der Waals surface area contributed by atoms with Gasteiger partial charge in [-0.2, -0.15) is 0 Å². The maximum atomic E-state index is 14.5.